The highest BCUT2D eigenvalue weighted by atomic mass is 16.5. The van der Waals surface area contributed by atoms with E-state index in [0.29, 0.717) is 13.2 Å². The van der Waals surface area contributed by atoms with Crippen LogP contribution >= 0.6 is 0 Å². The summed E-state index contributed by atoms with van der Waals surface area (Å²) in [4.78, 5) is 0. The first-order valence-corrected chi connectivity index (χ1v) is 11.0. The molecular formula is C28H28N2O3. The van der Waals surface area contributed by atoms with E-state index in [0.717, 1.165) is 47.2 Å². The Labute approximate surface area is 194 Å². The Morgan fingerprint density at radius 1 is 0.424 bits per heavy atom. The lowest BCUT2D eigenvalue weighted by Gasteiger charge is -2.09. The molecule has 0 spiro atoms. The Balaban J connectivity index is 1.15. The van der Waals surface area contributed by atoms with Crippen molar-refractivity contribution in [2.24, 2.45) is 0 Å². The molecule has 0 heterocycles. The zero-order valence-electron chi connectivity index (χ0n) is 18.4. The lowest BCUT2D eigenvalue weighted by molar-refractivity contribution is 0.140. The molecule has 5 nitrogen and oxygen atoms in total. The molecule has 168 valence electrons. The highest BCUT2D eigenvalue weighted by Gasteiger charge is 2.01. The van der Waals surface area contributed by atoms with Gasteiger partial charge in [0, 0.05) is 11.4 Å². The molecule has 4 rings (SSSR count). The van der Waals surface area contributed by atoms with Crippen LogP contribution in [-0.4, -0.2) is 13.2 Å². The van der Waals surface area contributed by atoms with Crippen LogP contribution in [0.3, 0.4) is 0 Å². The van der Waals surface area contributed by atoms with Crippen molar-refractivity contribution >= 4 is 11.4 Å². The SMILES string of the molecule is Nc1ccc(Oc2ccc(CCOCCc3ccc(Oc4ccc(N)cc4)cc3)cc2)cc1. The monoisotopic (exact) mass is 440 g/mol. The topological polar surface area (TPSA) is 79.7 Å². The molecule has 4 N–H and O–H groups in total. The molecule has 4 aromatic carbocycles. The van der Waals surface area contributed by atoms with Gasteiger partial charge < -0.3 is 25.7 Å². The predicted octanol–water partition coefficient (Wildman–Crippen LogP) is 6.24. The number of benzene rings is 4. The summed E-state index contributed by atoms with van der Waals surface area (Å²) in [6.07, 6.45) is 1.72. The Kier molecular flexibility index (Phi) is 7.46. The van der Waals surface area contributed by atoms with Crippen LogP contribution in [0.25, 0.3) is 0 Å². The molecule has 0 fully saturated rings. The van der Waals surface area contributed by atoms with Crippen molar-refractivity contribution < 1.29 is 14.2 Å². The van der Waals surface area contributed by atoms with Crippen LogP contribution in [0.2, 0.25) is 0 Å². The van der Waals surface area contributed by atoms with E-state index in [-0.39, 0.29) is 0 Å². The number of hydrogen-bond acceptors (Lipinski definition) is 5. The summed E-state index contributed by atoms with van der Waals surface area (Å²) in [6, 6.07) is 30.9. The quantitative estimate of drug-likeness (QED) is 0.225. The van der Waals surface area contributed by atoms with E-state index < -0.39 is 0 Å². The van der Waals surface area contributed by atoms with Gasteiger partial charge in [0.2, 0.25) is 0 Å². The number of nitrogen functional groups attached to an aromatic ring is 2. The average Bonchev–Trinajstić information content (AvgIpc) is 2.84. The van der Waals surface area contributed by atoms with Gasteiger partial charge in [0.25, 0.3) is 0 Å². The maximum atomic E-state index is 5.83. The third-order valence-electron chi connectivity index (χ3n) is 5.15. The molecule has 0 aliphatic carbocycles. The number of hydrogen-bond donors (Lipinski definition) is 2. The molecule has 0 saturated heterocycles. The second-order valence-electron chi connectivity index (χ2n) is 7.74. The van der Waals surface area contributed by atoms with Crippen molar-refractivity contribution in [2.45, 2.75) is 12.8 Å². The second kappa shape index (κ2) is 11.1. The zero-order chi connectivity index (χ0) is 22.9. The van der Waals surface area contributed by atoms with Gasteiger partial charge in [-0.25, -0.2) is 0 Å². The first-order chi connectivity index (χ1) is 16.1. The molecule has 0 amide bonds. The van der Waals surface area contributed by atoms with Gasteiger partial charge in [-0.15, -0.1) is 0 Å². The van der Waals surface area contributed by atoms with Gasteiger partial charge in [-0.3, -0.25) is 0 Å². The molecule has 0 atom stereocenters. The predicted molar refractivity (Wildman–Crippen MR) is 133 cm³/mol. The van der Waals surface area contributed by atoms with Crippen LogP contribution in [0.15, 0.2) is 97.1 Å². The van der Waals surface area contributed by atoms with Gasteiger partial charge in [0.1, 0.15) is 23.0 Å². The first-order valence-electron chi connectivity index (χ1n) is 11.0. The average molecular weight is 441 g/mol. The van der Waals surface area contributed by atoms with E-state index in [2.05, 4.69) is 24.3 Å². The molecule has 0 aliphatic heterocycles. The van der Waals surface area contributed by atoms with Crippen LogP contribution in [0.5, 0.6) is 23.0 Å². The number of rotatable bonds is 10. The lowest BCUT2D eigenvalue weighted by atomic mass is 10.1. The first kappa shape index (κ1) is 22.2. The summed E-state index contributed by atoms with van der Waals surface area (Å²) in [5.41, 5.74) is 15.3. The zero-order valence-corrected chi connectivity index (χ0v) is 18.4. The summed E-state index contributed by atoms with van der Waals surface area (Å²) in [6.45, 7) is 1.35. The van der Waals surface area contributed by atoms with Crippen LogP contribution in [0.4, 0.5) is 11.4 Å². The Morgan fingerprint density at radius 2 is 0.727 bits per heavy atom. The van der Waals surface area contributed by atoms with E-state index in [1.165, 1.54) is 11.1 Å². The maximum absolute atomic E-state index is 5.83. The molecular weight excluding hydrogens is 412 g/mol. The maximum Gasteiger partial charge on any atom is 0.127 e. The van der Waals surface area contributed by atoms with Gasteiger partial charge in [-0.05, 0) is 96.8 Å². The molecule has 0 saturated carbocycles. The highest BCUT2D eigenvalue weighted by molar-refractivity contribution is 5.44. The molecule has 0 radical (unpaired) electrons. The third kappa shape index (κ3) is 7.02. The molecule has 33 heavy (non-hydrogen) atoms. The number of ether oxygens (including phenoxy) is 3. The minimum atomic E-state index is 0.677. The minimum Gasteiger partial charge on any atom is -0.457 e. The molecule has 0 bridgehead atoms. The number of anilines is 2. The lowest BCUT2D eigenvalue weighted by Crippen LogP contribution is -2.03. The van der Waals surface area contributed by atoms with Crippen LogP contribution in [-0.2, 0) is 17.6 Å². The van der Waals surface area contributed by atoms with Crippen molar-refractivity contribution in [1.82, 2.24) is 0 Å². The third-order valence-corrected chi connectivity index (χ3v) is 5.15. The van der Waals surface area contributed by atoms with E-state index in [9.17, 15) is 0 Å². The fraction of sp³-hybridized carbons (Fsp3) is 0.143. The van der Waals surface area contributed by atoms with Crippen molar-refractivity contribution in [2.75, 3.05) is 24.7 Å². The van der Waals surface area contributed by atoms with Gasteiger partial charge in [0.05, 0.1) is 13.2 Å². The van der Waals surface area contributed by atoms with Crippen molar-refractivity contribution in [3.63, 3.8) is 0 Å². The van der Waals surface area contributed by atoms with Crippen molar-refractivity contribution in [3.8, 4) is 23.0 Å². The molecule has 0 aliphatic rings. The van der Waals surface area contributed by atoms with Gasteiger partial charge in [-0.1, -0.05) is 24.3 Å². The van der Waals surface area contributed by atoms with Crippen LogP contribution in [0, 0.1) is 0 Å². The van der Waals surface area contributed by atoms with Crippen LogP contribution in [0.1, 0.15) is 11.1 Å². The fourth-order valence-corrected chi connectivity index (χ4v) is 3.27. The standard InChI is InChI=1S/C28H28N2O3/c29-23-5-13-27(14-6-23)32-25-9-1-21(2-10-25)17-19-31-20-18-22-3-11-26(12-4-22)33-28-15-7-24(30)8-16-28/h1-16H,17-20,29-30H2. The molecule has 0 unspecified atom stereocenters. The van der Waals surface area contributed by atoms with E-state index in [4.69, 9.17) is 25.7 Å². The minimum absolute atomic E-state index is 0.677. The van der Waals surface area contributed by atoms with E-state index in [1.54, 1.807) is 0 Å². The van der Waals surface area contributed by atoms with Gasteiger partial charge >= 0.3 is 0 Å². The smallest absolute Gasteiger partial charge is 0.127 e. The number of nitrogens with two attached hydrogens (primary N) is 2. The summed E-state index contributed by atoms with van der Waals surface area (Å²) >= 11 is 0. The van der Waals surface area contributed by atoms with E-state index in [1.807, 2.05) is 72.8 Å². The molecule has 4 aromatic rings. The Bertz CT molecular complexity index is 1030. The largest absolute Gasteiger partial charge is 0.457 e. The molecule has 5 heteroatoms. The van der Waals surface area contributed by atoms with Crippen LogP contribution < -0.4 is 20.9 Å². The van der Waals surface area contributed by atoms with Gasteiger partial charge in [-0.2, -0.15) is 0 Å². The summed E-state index contributed by atoms with van der Waals surface area (Å²) in [5.74, 6) is 3.14. The fourth-order valence-electron chi connectivity index (χ4n) is 3.27. The van der Waals surface area contributed by atoms with Crippen molar-refractivity contribution in [3.05, 3.63) is 108 Å². The normalized spacial score (nSPS) is 10.7. The summed E-state index contributed by atoms with van der Waals surface area (Å²) in [5, 5.41) is 0. The Hall–Kier alpha value is -3.96. The molecule has 0 aromatic heterocycles. The second-order valence-corrected chi connectivity index (χ2v) is 7.74. The summed E-state index contributed by atoms with van der Waals surface area (Å²) in [7, 11) is 0. The Morgan fingerprint density at radius 3 is 1.06 bits per heavy atom. The van der Waals surface area contributed by atoms with Crippen molar-refractivity contribution in [1.29, 1.82) is 0 Å². The highest BCUT2D eigenvalue weighted by Crippen LogP contribution is 2.24. The van der Waals surface area contributed by atoms with Gasteiger partial charge in [0.15, 0.2) is 0 Å². The van der Waals surface area contributed by atoms with E-state index >= 15 is 0 Å². The summed E-state index contributed by atoms with van der Waals surface area (Å²) < 4.78 is 17.5.